The van der Waals surface area contributed by atoms with E-state index in [1.54, 1.807) is 7.11 Å². The van der Waals surface area contributed by atoms with Crippen molar-refractivity contribution in [3.8, 4) is 0 Å². The summed E-state index contributed by atoms with van der Waals surface area (Å²) in [5, 5.41) is 18.8. The monoisotopic (exact) mass is 204 g/mol. The molecule has 5 atom stereocenters. The number of methoxy groups -OCH3 is 1. The molecule has 2 N–H and O–H groups in total. The van der Waals surface area contributed by atoms with Crippen LogP contribution in [0.25, 0.3) is 0 Å². The Hall–Kier alpha value is -0.160. The molecule has 0 aliphatic carbocycles. The molecule has 0 bridgehead atoms. The minimum Gasteiger partial charge on any atom is -0.394 e. The Kier molecular flexibility index (Phi) is 4.31. The van der Waals surface area contributed by atoms with Gasteiger partial charge >= 0.3 is 0 Å². The van der Waals surface area contributed by atoms with Crippen LogP contribution in [0.4, 0.5) is 0 Å². The van der Waals surface area contributed by atoms with E-state index in [4.69, 9.17) is 14.6 Å². The maximum atomic E-state index is 9.79. The van der Waals surface area contributed by atoms with Crippen molar-refractivity contribution in [1.82, 2.24) is 0 Å². The van der Waals surface area contributed by atoms with E-state index in [2.05, 4.69) is 0 Å². The van der Waals surface area contributed by atoms with Gasteiger partial charge in [0, 0.05) is 13.0 Å². The van der Waals surface area contributed by atoms with Gasteiger partial charge in [-0.15, -0.1) is 0 Å². The molecule has 0 spiro atoms. The maximum absolute atomic E-state index is 9.79. The molecule has 4 heteroatoms. The minimum atomic E-state index is -0.646. The Morgan fingerprint density at radius 3 is 2.43 bits per heavy atom. The molecule has 0 amide bonds. The summed E-state index contributed by atoms with van der Waals surface area (Å²) in [7, 11) is 1.62. The van der Waals surface area contributed by atoms with Crippen molar-refractivity contribution in [3.05, 3.63) is 0 Å². The van der Waals surface area contributed by atoms with Crippen LogP contribution in [0.3, 0.4) is 0 Å². The lowest BCUT2D eigenvalue weighted by atomic mass is 9.87. The van der Waals surface area contributed by atoms with E-state index in [-0.39, 0.29) is 24.7 Å². The highest BCUT2D eigenvalue weighted by molar-refractivity contribution is 4.89. The molecule has 0 aromatic rings. The molecule has 0 aromatic carbocycles. The van der Waals surface area contributed by atoms with Gasteiger partial charge in [0.1, 0.15) is 6.10 Å². The van der Waals surface area contributed by atoms with Crippen molar-refractivity contribution in [1.29, 1.82) is 0 Å². The van der Waals surface area contributed by atoms with Crippen LogP contribution in [0, 0.1) is 5.92 Å². The van der Waals surface area contributed by atoms with Gasteiger partial charge in [0.25, 0.3) is 0 Å². The number of hydrogen-bond acceptors (Lipinski definition) is 4. The predicted octanol–water partition coefficient (Wildman–Crippen LogP) is 0.168. The first-order chi connectivity index (χ1) is 6.65. The molecular formula is C10H20O4. The van der Waals surface area contributed by atoms with Crippen LogP contribution in [-0.4, -0.2) is 48.3 Å². The molecule has 1 saturated heterocycles. The summed E-state index contributed by atoms with van der Waals surface area (Å²) in [6.45, 7) is 3.79. The molecule has 1 fully saturated rings. The Balaban J connectivity index is 2.71. The highest BCUT2D eigenvalue weighted by atomic mass is 16.6. The van der Waals surface area contributed by atoms with Gasteiger partial charge in [-0.05, 0) is 6.42 Å². The fourth-order valence-corrected chi connectivity index (χ4v) is 2.10. The normalized spacial score (nSPS) is 43.9. The summed E-state index contributed by atoms with van der Waals surface area (Å²) in [5.41, 5.74) is 0. The van der Waals surface area contributed by atoms with E-state index < -0.39 is 12.2 Å². The predicted molar refractivity (Wildman–Crippen MR) is 52.0 cm³/mol. The zero-order valence-electron chi connectivity index (χ0n) is 9.01. The summed E-state index contributed by atoms with van der Waals surface area (Å²) < 4.78 is 10.8. The highest BCUT2D eigenvalue weighted by Crippen LogP contribution is 2.29. The Labute approximate surface area is 84.8 Å². The molecule has 14 heavy (non-hydrogen) atoms. The van der Waals surface area contributed by atoms with Gasteiger partial charge in [0.15, 0.2) is 0 Å². The number of ether oxygens (including phenoxy) is 2. The molecule has 2 unspecified atom stereocenters. The summed E-state index contributed by atoms with van der Waals surface area (Å²) >= 11 is 0. The molecule has 4 nitrogen and oxygen atoms in total. The first-order valence-corrected chi connectivity index (χ1v) is 5.12. The van der Waals surface area contributed by atoms with E-state index in [0.29, 0.717) is 0 Å². The van der Waals surface area contributed by atoms with Crippen LogP contribution < -0.4 is 0 Å². The minimum absolute atomic E-state index is 0.00384. The molecule has 84 valence electrons. The van der Waals surface area contributed by atoms with Gasteiger partial charge in [-0.1, -0.05) is 13.8 Å². The van der Waals surface area contributed by atoms with Gasteiger partial charge in [0.05, 0.1) is 24.9 Å². The lowest BCUT2D eigenvalue weighted by Gasteiger charge is -2.42. The van der Waals surface area contributed by atoms with Crippen LogP contribution in [0.1, 0.15) is 20.3 Å². The maximum Gasteiger partial charge on any atom is 0.107 e. The van der Waals surface area contributed by atoms with Crippen molar-refractivity contribution in [3.63, 3.8) is 0 Å². The second kappa shape index (κ2) is 5.07. The highest BCUT2D eigenvalue weighted by Gasteiger charge is 2.41. The first-order valence-electron chi connectivity index (χ1n) is 5.12. The second-order valence-electron chi connectivity index (χ2n) is 3.85. The molecule has 0 saturated carbocycles. The van der Waals surface area contributed by atoms with Gasteiger partial charge in [-0.25, -0.2) is 0 Å². The SMILES string of the molecule is CC[C@H]1OC(CO)[C@H](O)[C@H](C)C1OC. The van der Waals surface area contributed by atoms with E-state index >= 15 is 0 Å². The van der Waals surface area contributed by atoms with E-state index in [1.807, 2.05) is 13.8 Å². The summed E-state index contributed by atoms with van der Waals surface area (Å²) in [4.78, 5) is 0. The summed E-state index contributed by atoms with van der Waals surface area (Å²) in [6, 6.07) is 0. The fourth-order valence-electron chi connectivity index (χ4n) is 2.10. The average molecular weight is 204 g/mol. The smallest absolute Gasteiger partial charge is 0.107 e. The Morgan fingerprint density at radius 2 is 2.00 bits per heavy atom. The lowest BCUT2D eigenvalue weighted by Crippen LogP contribution is -2.54. The van der Waals surface area contributed by atoms with Crippen molar-refractivity contribution in [2.75, 3.05) is 13.7 Å². The van der Waals surface area contributed by atoms with Crippen LogP contribution in [0.2, 0.25) is 0 Å². The van der Waals surface area contributed by atoms with Crippen LogP contribution in [-0.2, 0) is 9.47 Å². The Bertz CT molecular complexity index is 172. The third-order valence-electron chi connectivity index (χ3n) is 3.01. The van der Waals surface area contributed by atoms with Crippen LogP contribution in [0.5, 0.6) is 0 Å². The van der Waals surface area contributed by atoms with Crippen LogP contribution >= 0.6 is 0 Å². The van der Waals surface area contributed by atoms with Crippen LogP contribution in [0.15, 0.2) is 0 Å². The molecule has 1 aliphatic rings. The standard InChI is InChI=1S/C10H20O4/c1-4-7-10(13-3)6(2)9(12)8(5-11)14-7/h6-12H,4-5H2,1-3H3/t6-,7+,8?,9+,10?/m0/s1. The van der Waals surface area contributed by atoms with E-state index in [1.165, 1.54) is 0 Å². The summed E-state index contributed by atoms with van der Waals surface area (Å²) in [6.07, 6.45) is -0.408. The molecule has 1 heterocycles. The van der Waals surface area contributed by atoms with Crippen molar-refractivity contribution in [2.24, 2.45) is 5.92 Å². The number of aliphatic hydroxyl groups is 2. The average Bonchev–Trinajstić information content (AvgIpc) is 2.21. The largest absolute Gasteiger partial charge is 0.394 e. The number of aliphatic hydroxyl groups excluding tert-OH is 2. The molecular weight excluding hydrogens is 184 g/mol. The van der Waals surface area contributed by atoms with E-state index in [0.717, 1.165) is 6.42 Å². The van der Waals surface area contributed by atoms with Crippen molar-refractivity contribution in [2.45, 2.75) is 44.7 Å². The van der Waals surface area contributed by atoms with E-state index in [9.17, 15) is 5.11 Å². The third-order valence-corrected chi connectivity index (χ3v) is 3.01. The second-order valence-corrected chi connectivity index (χ2v) is 3.85. The van der Waals surface area contributed by atoms with Gasteiger partial charge in [0.2, 0.25) is 0 Å². The van der Waals surface area contributed by atoms with Gasteiger partial charge in [-0.3, -0.25) is 0 Å². The molecule has 0 radical (unpaired) electrons. The molecule has 1 rings (SSSR count). The third kappa shape index (κ3) is 2.08. The first kappa shape index (κ1) is 11.9. The zero-order chi connectivity index (χ0) is 10.7. The van der Waals surface area contributed by atoms with Gasteiger partial charge in [-0.2, -0.15) is 0 Å². The molecule has 1 aliphatic heterocycles. The molecule has 0 aromatic heterocycles. The topological polar surface area (TPSA) is 58.9 Å². The number of rotatable bonds is 3. The van der Waals surface area contributed by atoms with Gasteiger partial charge < -0.3 is 19.7 Å². The van der Waals surface area contributed by atoms with Crippen molar-refractivity contribution >= 4 is 0 Å². The fraction of sp³-hybridized carbons (Fsp3) is 1.00. The summed E-state index contributed by atoms with van der Waals surface area (Å²) in [5.74, 6) is -0.00384. The quantitative estimate of drug-likeness (QED) is 0.688. The Morgan fingerprint density at radius 1 is 1.36 bits per heavy atom. The van der Waals surface area contributed by atoms with Crippen molar-refractivity contribution < 1.29 is 19.7 Å². The number of hydrogen-bond donors (Lipinski definition) is 2. The zero-order valence-corrected chi connectivity index (χ0v) is 9.01. The lowest BCUT2D eigenvalue weighted by molar-refractivity contribution is -0.212.